The molecule has 1 aromatic carbocycles. The summed E-state index contributed by atoms with van der Waals surface area (Å²) in [6.45, 7) is 1.93. The highest BCUT2D eigenvalue weighted by Gasteiger charge is 1.98. The Hall–Kier alpha value is -3.05. The van der Waals surface area contributed by atoms with E-state index in [1.54, 1.807) is 16.8 Å². The summed E-state index contributed by atoms with van der Waals surface area (Å²) in [5.41, 5.74) is 2.74. The molecule has 0 saturated heterocycles. The van der Waals surface area contributed by atoms with Gasteiger partial charge in [-0.25, -0.2) is 4.68 Å². The second kappa shape index (κ2) is 5.52. The van der Waals surface area contributed by atoms with E-state index in [-0.39, 0.29) is 5.57 Å². The van der Waals surface area contributed by atoms with E-state index < -0.39 is 0 Å². The Morgan fingerprint density at radius 1 is 1.21 bits per heavy atom. The standard InChI is InChI=1S/C14H11N5/c1-11-6-7-19(18-11)14-4-2-13(3-5-14)17-10-12(8-15)9-16/h2-7,10,17H,1H3. The van der Waals surface area contributed by atoms with Gasteiger partial charge in [0.1, 0.15) is 17.7 Å². The third-order valence-corrected chi connectivity index (χ3v) is 2.48. The molecule has 2 rings (SSSR count). The molecule has 0 aliphatic carbocycles. The number of aryl methyl sites for hydroxylation is 1. The van der Waals surface area contributed by atoms with Gasteiger partial charge in [-0.15, -0.1) is 0 Å². The highest BCUT2D eigenvalue weighted by Crippen LogP contribution is 2.13. The van der Waals surface area contributed by atoms with Crippen molar-refractivity contribution in [1.29, 1.82) is 10.5 Å². The number of nitrogens with zero attached hydrogens (tertiary/aromatic N) is 4. The van der Waals surface area contributed by atoms with Crippen LogP contribution in [-0.4, -0.2) is 9.78 Å². The van der Waals surface area contributed by atoms with Crippen molar-refractivity contribution < 1.29 is 0 Å². The summed E-state index contributed by atoms with van der Waals surface area (Å²) in [6, 6.07) is 13.0. The smallest absolute Gasteiger partial charge is 0.145 e. The highest BCUT2D eigenvalue weighted by atomic mass is 15.3. The first-order valence-corrected chi connectivity index (χ1v) is 5.62. The second-order valence-corrected chi connectivity index (χ2v) is 3.87. The van der Waals surface area contributed by atoms with Crippen LogP contribution in [0.15, 0.2) is 48.3 Å². The van der Waals surface area contributed by atoms with Crippen molar-refractivity contribution in [3.05, 3.63) is 54.0 Å². The van der Waals surface area contributed by atoms with Crippen molar-refractivity contribution in [3.8, 4) is 17.8 Å². The van der Waals surface area contributed by atoms with Gasteiger partial charge >= 0.3 is 0 Å². The lowest BCUT2D eigenvalue weighted by Gasteiger charge is -2.04. The molecular formula is C14H11N5. The fourth-order valence-electron chi connectivity index (χ4n) is 1.51. The number of rotatable bonds is 3. The van der Waals surface area contributed by atoms with E-state index in [1.165, 1.54) is 6.20 Å². The topological polar surface area (TPSA) is 77.4 Å². The predicted octanol–water partition coefficient (Wildman–Crippen LogP) is 2.52. The Balaban J connectivity index is 2.14. The normalized spacial score (nSPS) is 9.21. The zero-order valence-corrected chi connectivity index (χ0v) is 10.3. The molecule has 92 valence electrons. The van der Waals surface area contributed by atoms with Crippen molar-refractivity contribution in [2.45, 2.75) is 6.92 Å². The molecule has 0 fully saturated rings. The molecule has 0 aliphatic heterocycles. The maximum Gasteiger partial charge on any atom is 0.145 e. The summed E-state index contributed by atoms with van der Waals surface area (Å²) in [5, 5.41) is 24.4. The summed E-state index contributed by atoms with van der Waals surface area (Å²) in [4.78, 5) is 0. The van der Waals surface area contributed by atoms with Gasteiger partial charge in [-0.1, -0.05) is 0 Å². The average molecular weight is 249 g/mol. The molecule has 19 heavy (non-hydrogen) atoms. The summed E-state index contributed by atoms with van der Waals surface area (Å²) < 4.78 is 1.78. The fourth-order valence-corrected chi connectivity index (χ4v) is 1.51. The summed E-state index contributed by atoms with van der Waals surface area (Å²) in [7, 11) is 0. The zero-order chi connectivity index (χ0) is 13.7. The van der Waals surface area contributed by atoms with E-state index >= 15 is 0 Å². The van der Waals surface area contributed by atoms with Gasteiger partial charge < -0.3 is 5.32 Å². The van der Waals surface area contributed by atoms with Crippen LogP contribution < -0.4 is 5.32 Å². The molecule has 0 saturated carbocycles. The van der Waals surface area contributed by atoms with Crippen molar-refractivity contribution >= 4 is 5.69 Å². The molecule has 1 aromatic heterocycles. The Labute approximate surface area is 111 Å². The molecular weight excluding hydrogens is 238 g/mol. The lowest BCUT2D eigenvalue weighted by atomic mass is 10.2. The molecule has 5 heteroatoms. The largest absolute Gasteiger partial charge is 0.360 e. The van der Waals surface area contributed by atoms with Gasteiger partial charge in [0.15, 0.2) is 0 Å². The molecule has 0 amide bonds. The van der Waals surface area contributed by atoms with E-state index in [0.717, 1.165) is 17.1 Å². The molecule has 0 bridgehead atoms. The Morgan fingerprint density at radius 2 is 1.89 bits per heavy atom. The van der Waals surface area contributed by atoms with Gasteiger partial charge in [-0.3, -0.25) is 0 Å². The minimum Gasteiger partial charge on any atom is -0.360 e. The first-order chi connectivity index (χ1) is 9.22. The Bertz CT molecular complexity index is 664. The van der Waals surface area contributed by atoms with E-state index in [4.69, 9.17) is 10.5 Å². The summed E-state index contributed by atoms with van der Waals surface area (Å²) >= 11 is 0. The monoisotopic (exact) mass is 249 g/mol. The van der Waals surface area contributed by atoms with Crippen LogP contribution in [0.1, 0.15) is 5.69 Å². The van der Waals surface area contributed by atoms with E-state index in [2.05, 4.69) is 10.4 Å². The summed E-state index contributed by atoms with van der Waals surface area (Å²) in [5.74, 6) is 0. The average Bonchev–Trinajstić information content (AvgIpc) is 2.87. The van der Waals surface area contributed by atoms with Crippen LogP contribution in [0.4, 0.5) is 5.69 Å². The van der Waals surface area contributed by atoms with E-state index in [1.807, 2.05) is 43.5 Å². The third-order valence-electron chi connectivity index (χ3n) is 2.48. The molecule has 5 nitrogen and oxygen atoms in total. The molecule has 0 radical (unpaired) electrons. The van der Waals surface area contributed by atoms with Crippen LogP contribution in [0.5, 0.6) is 0 Å². The zero-order valence-electron chi connectivity index (χ0n) is 10.3. The molecule has 2 aromatic rings. The highest BCUT2D eigenvalue weighted by molar-refractivity contribution is 5.52. The van der Waals surface area contributed by atoms with Crippen LogP contribution in [0.3, 0.4) is 0 Å². The first-order valence-electron chi connectivity index (χ1n) is 5.62. The van der Waals surface area contributed by atoms with Crippen molar-refractivity contribution in [2.75, 3.05) is 5.32 Å². The molecule has 0 aliphatic rings. The van der Waals surface area contributed by atoms with Gasteiger partial charge in [0, 0.05) is 18.1 Å². The first kappa shape index (κ1) is 12.4. The van der Waals surface area contributed by atoms with Crippen LogP contribution in [0, 0.1) is 29.6 Å². The number of anilines is 1. The van der Waals surface area contributed by atoms with Crippen LogP contribution in [0.25, 0.3) is 5.69 Å². The number of hydrogen-bond acceptors (Lipinski definition) is 4. The van der Waals surface area contributed by atoms with E-state index in [0.29, 0.717) is 0 Å². The molecule has 0 atom stereocenters. The fraction of sp³-hybridized carbons (Fsp3) is 0.0714. The lowest BCUT2D eigenvalue weighted by Crippen LogP contribution is -1.95. The number of hydrogen-bond donors (Lipinski definition) is 1. The minimum atomic E-state index is 0.0341. The number of aromatic nitrogens is 2. The third kappa shape index (κ3) is 2.99. The van der Waals surface area contributed by atoms with Gasteiger partial charge in [0.25, 0.3) is 0 Å². The van der Waals surface area contributed by atoms with Crippen LogP contribution >= 0.6 is 0 Å². The predicted molar refractivity (Wildman–Crippen MR) is 71.2 cm³/mol. The van der Waals surface area contributed by atoms with Crippen LogP contribution in [0.2, 0.25) is 0 Å². The molecule has 0 unspecified atom stereocenters. The van der Waals surface area contributed by atoms with E-state index in [9.17, 15) is 0 Å². The van der Waals surface area contributed by atoms with Crippen molar-refractivity contribution in [2.24, 2.45) is 0 Å². The van der Waals surface area contributed by atoms with Gasteiger partial charge in [0.05, 0.1) is 11.4 Å². The summed E-state index contributed by atoms with van der Waals surface area (Å²) in [6.07, 6.45) is 3.27. The van der Waals surface area contributed by atoms with Crippen molar-refractivity contribution in [3.63, 3.8) is 0 Å². The quantitative estimate of drug-likeness (QED) is 0.848. The van der Waals surface area contributed by atoms with Gasteiger partial charge in [0.2, 0.25) is 0 Å². The Morgan fingerprint density at radius 3 is 2.42 bits per heavy atom. The number of nitrogens with one attached hydrogen (secondary N) is 1. The molecule has 1 N–H and O–H groups in total. The molecule has 0 spiro atoms. The second-order valence-electron chi connectivity index (χ2n) is 3.87. The number of nitriles is 2. The van der Waals surface area contributed by atoms with Crippen LogP contribution in [-0.2, 0) is 0 Å². The molecule has 1 heterocycles. The SMILES string of the molecule is Cc1ccn(-c2ccc(NC=C(C#N)C#N)cc2)n1. The maximum atomic E-state index is 8.61. The minimum absolute atomic E-state index is 0.0341. The maximum absolute atomic E-state index is 8.61. The van der Waals surface area contributed by atoms with Crippen molar-refractivity contribution in [1.82, 2.24) is 9.78 Å². The lowest BCUT2D eigenvalue weighted by molar-refractivity contribution is 0.863. The number of allylic oxidation sites excluding steroid dienone is 1. The Kier molecular flexibility index (Phi) is 3.61. The van der Waals surface area contributed by atoms with Gasteiger partial charge in [-0.05, 0) is 37.3 Å². The number of benzene rings is 1. The van der Waals surface area contributed by atoms with Gasteiger partial charge in [-0.2, -0.15) is 15.6 Å².